The Morgan fingerprint density at radius 2 is 1.88 bits per heavy atom. The van der Waals surface area contributed by atoms with Crippen LogP contribution < -0.4 is 14.2 Å². The molecule has 1 heterocycles. The fourth-order valence-corrected chi connectivity index (χ4v) is 2.26. The van der Waals surface area contributed by atoms with Crippen molar-refractivity contribution in [2.45, 2.75) is 0 Å². The predicted octanol–water partition coefficient (Wildman–Crippen LogP) is 3.26. The van der Waals surface area contributed by atoms with Crippen molar-refractivity contribution in [2.24, 2.45) is 0 Å². The lowest BCUT2D eigenvalue weighted by atomic mass is 10.1. The molecule has 0 N–H and O–H groups in total. The standard InChI is InChI=1S/C19H15NO4/c20-9-10-22-16-5-3-15(4-6-16)17(21)7-1-14-2-8-18-19(13-14)24-12-11-23-18/h1-8,13H,10-12H2. The number of nitrogens with zero attached hydrogens (tertiary/aromatic N) is 1. The Bertz CT molecular complexity index is 803. The first-order valence-electron chi connectivity index (χ1n) is 7.48. The number of fused-ring (bicyclic) bond motifs is 1. The highest BCUT2D eigenvalue weighted by Gasteiger charge is 2.11. The fourth-order valence-electron chi connectivity index (χ4n) is 2.26. The van der Waals surface area contributed by atoms with Crippen molar-refractivity contribution < 1.29 is 19.0 Å². The van der Waals surface area contributed by atoms with Gasteiger partial charge in [-0.15, -0.1) is 0 Å². The van der Waals surface area contributed by atoms with Crippen LogP contribution >= 0.6 is 0 Å². The van der Waals surface area contributed by atoms with Gasteiger partial charge in [-0.1, -0.05) is 12.1 Å². The number of ketones is 1. The molecule has 0 amide bonds. The topological polar surface area (TPSA) is 68.5 Å². The zero-order valence-corrected chi connectivity index (χ0v) is 12.9. The van der Waals surface area contributed by atoms with E-state index in [0.29, 0.717) is 30.3 Å². The first-order chi connectivity index (χ1) is 11.8. The van der Waals surface area contributed by atoms with Crippen LogP contribution in [-0.2, 0) is 0 Å². The van der Waals surface area contributed by atoms with E-state index in [4.69, 9.17) is 19.5 Å². The summed E-state index contributed by atoms with van der Waals surface area (Å²) in [6.07, 6.45) is 3.25. The van der Waals surface area contributed by atoms with E-state index < -0.39 is 0 Å². The van der Waals surface area contributed by atoms with Crippen LogP contribution in [0.25, 0.3) is 6.08 Å². The Hall–Kier alpha value is -3.26. The predicted molar refractivity (Wildman–Crippen MR) is 88.3 cm³/mol. The van der Waals surface area contributed by atoms with Crippen molar-refractivity contribution in [3.63, 3.8) is 0 Å². The molecule has 3 rings (SSSR count). The third kappa shape index (κ3) is 3.73. The van der Waals surface area contributed by atoms with Gasteiger partial charge in [0.25, 0.3) is 0 Å². The SMILES string of the molecule is N#CCOc1ccc(C(=O)C=Cc2ccc3c(c2)OCCO3)cc1. The second-order valence-electron chi connectivity index (χ2n) is 5.07. The number of carbonyl (C=O) groups is 1. The highest BCUT2D eigenvalue weighted by molar-refractivity contribution is 6.06. The van der Waals surface area contributed by atoms with Gasteiger partial charge in [0.1, 0.15) is 25.0 Å². The molecule has 0 fully saturated rings. The van der Waals surface area contributed by atoms with Gasteiger partial charge < -0.3 is 14.2 Å². The monoisotopic (exact) mass is 321 g/mol. The zero-order chi connectivity index (χ0) is 16.8. The summed E-state index contributed by atoms with van der Waals surface area (Å²) in [5.41, 5.74) is 1.41. The van der Waals surface area contributed by atoms with Gasteiger partial charge in [0.05, 0.1) is 0 Å². The molecule has 5 heteroatoms. The summed E-state index contributed by atoms with van der Waals surface area (Å²) in [6.45, 7) is 1.06. The summed E-state index contributed by atoms with van der Waals surface area (Å²) < 4.78 is 16.1. The molecule has 5 nitrogen and oxygen atoms in total. The summed E-state index contributed by atoms with van der Waals surface area (Å²) in [5.74, 6) is 1.85. The molecule has 24 heavy (non-hydrogen) atoms. The number of allylic oxidation sites excluding steroid dienone is 1. The van der Waals surface area contributed by atoms with Crippen LogP contribution in [0.5, 0.6) is 17.2 Å². The van der Waals surface area contributed by atoms with Crippen LogP contribution in [0.2, 0.25) is 0 Å². The first kappa shape index (κ1) is 15.6. The van der Waals surface area contributed by atoms with Gasteiger partial charge in [0.15, 0.2) is 23.9 Å². The van der Waals surface area contributed by atoms with E-state index in [1.165, 1.54) is 6.08 Å². The molecular formula is C19H15NO4. The van der Waals surface area contributed by atoms with Crippen LogP contribution in [0, 0.1) is 11.3 Å². The molecule has 2 aromatic rings. The first-order valence-corrected chi connectivity index (χ1v) is 7.48. The molecule has 0 unspecified atom stereocenters. The van der Waals surface area contributed by atoms with Gasteiger partial charge in [0, 0.05) is 5.56 Å². The Balaban J connectivity index is 1.68. The van der Waals surface area contributed by atoms with Gasteiger partial charge in [-0.3, -0.25) is 4.79 Å². The second-order valence-corrected chi connectivity index (χ2v) is 5.07. The number of hydrogen-bond acceptors (Lipinski definition) is 5. The van der Waals surface area contributed by atoms with E-state index in [-0.39, 0.29) is 12.4 Å². The third-order valence-electron chi connectivity index (χ3n) is 3.44. The van der Waals surface area contributed by atoms with Crippen molar-refractivity contribution >= 4 is 11.9 Å². The minimum Gasteiger partial charge on any atom is -0.486 e. The number of nitriles is 1. The maximum atomic E-state index is 12.2. The lowest BCUT2D eigenvalue weighted by Crippen LogP contribution is -2.15. The van der Waals surface area contributed by atoms with Crippen molar-refractivity contribution in [1.29, 1.82) is 5.26 Å². The Kier molecular flexibility index (Phi) is 4.78. The second kappa shape index (κ2) is 7.34. The minimum absolute atomic E-state index is 0.0166. The fraction of sp³-hybridized carbons (Fsp3) is 0.158. The average Bonchev–Trinajstić information content (AvgIpc) is 2.64. The molecule has 1 aliphatic rings. The van der Waals surface area contributed by atoms with Crippen molar-refractivity contribution in [2.75, 3.05) is 19.8 Å². The van der Waals surface area contributed by atoms with E-state index >= 15 is 0 Å². The van der Waals surface area contributed by atoms with E-state index in [9.17, 15) is 4.79 Å². The molecule has 0 saturated heterocycles. The summed E-state index contributed by atoms with van der Waals surface area (Å²) in [6, 6.07) is 14.1. The van der Waals surface area contributed by atoms with Gasteiger partial charge >= 0.3 is 0 Å². The van der Waals surface area contributed by atoms with Gasteiger partial charge in [-0.25, -0.2) is 0 Å². The summed E-state index contributed by atoms with van der Waals surface area (Å²) in [5, 5.41) is 8.47. The summed E-state index contributed by atoms with van der Waals surface area (Å²) in [4.78, 5) is 12.2. The molecule has 2 aromatic carbocycles. The largest absolute Gasteiger partial charge is 0.486 e. The lowest BCUT2D eigenvalue weighted by molar-refractivity contribution is 0.104. The highest BCUT2D eigenvalue weighted by Crippen LogP contribution is 2.31. The molecule has 0 spiro atoms. The Morgan fingerprint density at radius 3 is 2.62 bits per heavy atom. The molecule has 0 atom stereocenters. The summed E-state index contributed by atoms with van der Waals surface area (Å²) in [7, 11) is 0. The smallest absolute Gasteiger partial charge is 0.185 e. The van der Waals surface area contributed by atoms with Crippen LogP contribution in [-0.4, -0.2) is 25.6 Å². The number of carbonyl (C=O) groups excluding carboxylic acids is 1. The zero-order valence-electron chi connectivity index (χ0n) is 12.9. The molecular weight excluding hydrogens is 306 g/mol. The van der Waals surface area contributed by atoms with Crippen LogP contribution in [0.3, 0.4) is 0 Å². The van der Waals surface area contributed by atoms with Crippen molar-refractivity contribution in [3.8, 4) is 23.3 Å². The maximum absolute atomic E-state index is 12.2. The van der Waals surface area contributed by atoms with Gasteiger partial charge in [0.2, 0.25) is 0 Å². The molecule has 0 radical (unpaired) electrons. The van der Waals surface area contributed by atoms with Crippen LogP contribution in [0.4, 0.5) is 0 Å². The maximum Gasteiger partial charge on any atom is 0.185 e. The number of ether oxygens (including phenoxy) is 3. The lowest BCUT2D eigenvalue weighted by Gasteiger charge is -2.18. The van der Waals surface area contributed by atoms with Crippen molar-refractivity contribution in [1.82, 2.24) is 0 Å². The Morgan fingerprint density at radius 1 is 1.12 bits per heavy atom. The molecule has 0 saturated carbocycles. The number of benzene rings is 2. The van der Waals surface area contributed by atoms with Gasteiger partial charge in [-0.2, -0.15) is 5.26 Å². The molecule has 120 valence electrons. The van der Waals surface area contributed by atoms with Crippen LogP contribution in [0.1, 0.15) is 15.9 Å². The van der Waals surface area contributed by atoms with Gasteiger partial charge in [-0.05, 0) is 48.0 Å². The Labute approximate surface area is 139 Å². The van der Waals surface area contributed by atoms with E-state index in [1.54, 1.807) is 30.3 Å². The molecule has 0 aliphatic carbocycles. The molecule has 1 aliphatic heterocycles. The molecule has 0 bridgehead atoms. The number of rotatable bonds is 5. The average molecular weight is 321 g/mol. The summed E-state index contributed by atoms with van der Waals surface area (Å²) >= 11 is 0. The highest BCUT2D eigenvalue weighted by atomic mass is 16.6. The van der Waals surface area contributed by atoms with E-state index in [1.807, 2.05) is 24.3 Å². The molecule has 0 aromatic heterocycles. The van der Waals surface area contributed by atoms with E-state index in [2.05, 4.69) is 0 Å². The quantitative estimate of drug-likeness (QED) is 0.624. The third-order valence-corrected chi connectivity index (χ3v) is 3.44. The van der Waals surface area contributed by atoms with Crippen molar-refractivity contribution in [3.05, 3.63) is 59.7 Å². The van der Waals surface area contributed by atoms with Crippen LogP contribution in [0.15, 0.2) is 48.5 Å². The number of hydrogen-bond donors (Lipinski definition) is 0. The minimum atomic E-state index is -0.114. The normalized spacial score (nSPS) is 12.6. The van der Waals surface area contributed by atoms with E-state index in [0.717, 1.165) is 11.3 Å².